The smallest absolute Gasteiger partial charge is 0.335 e. The van der Waals surface area contributed by atoms with E-state index in [9.17, 15) is 9.90 Å². The van der Waals surface area contributed by atoms with Gasteiger partial charge in [0.2, 0.25) is 0 Å². The zero-order valence-electron chi connectivity index (χ0n) is 14.4. The molecule has 2 aromatic carbocycles. The van der Waals surface area contributed by atoms with E-state index in [-0.39, 0.29) is 5.56 Å². The predicted octanol–water partition coefficient (Wildman–Crippen LogP) is 5.09. The Labute approximate surface area is 152 Å². The fraction of sp³-hybridized carbons (Fsp3) is 0.300. The highest BCUT2D eigenvalue weighted by atomic mass is 35.5. The normalized spacial score (nSPS) is 11.2. The lowest BCUT2D eigenvalue weighted by molar-refractivity contribution is 0.0697. The third kappa shape index (κ3) is 3.69. The van der Waals surface area contributed by atoms with E-state index in [1.807, 2.05) is 17.6 Å². The van der Waals surface area contributed by atoms with Gasteiger partial charge in [-0.05, 0) is 55.2 Å². The number of benzene rings is 2. The van der Waals surface area contributed by atoms with Gasteiger partial charge >= 0.3 is 5.97 Å². The molecule has 4 nitrogen and oxygen atoms in total. The highest BCUT2D eigenvalue weighted by Crippen LogP contribution is 2.24. The fourth-order valence-electron chi connectivity index (χ4n) is 3.00. The molecule has 0 saturated heterocycles. The van der Waals surface area contributed by atoms with Crippen LogP contribution in [0.2, 0.25) is 5.02 Å². The summed E-state index contributed by atoms with van der Waals surface area (Å²) in [5, 5.41) is 9.97. The third-order valence-corrected chi connectivity index (χ3v) is 4.80. The Morgan fingerprint density at radius 1 is 1.24 bits per heavy atom. The molecule has 0 amide bonds. The van der Waals surface area contributed by atoms with E-state index in [1.54, 1.807) is 18.2 Å². The molecule has 130 valence electrons. The Kier molecular flexibility index (Phi) is 5.09. The van der Waals surface area contributed by atoms with Crippen LogP contribution < -0.4 is 0 Å². The van der Waals surface area contributed by atoms with E-state index in [0.717, 1.165) is 46.7 Å². The minimum absolute atomic E-state index is 0.259. The summed E-state index contributed by atoms with van der Waals surface area (Å²) in [6.45, 7) is 4.66. The maximum absolute atomic E-state index is 11.2. The monoisotopic (exact) mass is 356 g/mol. The van der Waals surface area contributed by atoms with E-state index in [1.165, 1.54) is 5.56 Å². The van der Waals surface area contributed by atoms with Crippen molar-refractivity contribution in [3.63, 3.8) is 0 Å². The van der Waals surface area contributed by atoms with Crippen molar-refractivity contribution in [2.24, 2.45) is 0 Å². The summed E-state index contributed by atoms with van der Waals surface area (Å²) in [5.74, 6) is -0.103. The SMILES string of the molecule is CCCCc1ccc(Cn2c(C)nc3ccc(C(=O)O)cc32)c(Cl)c1. The zero-order valence-corrected chi connectivity index (χ0v) is 15.2. The summed E-state index contributed by atoms with van der Waals surface area (Å²) < 4.78 is 2.01. The van der Waals surface area contributed by atoms with Gasteiger partial charge in [0.15, 0.2) is 0 Å². The van der Waals surface area contributed by atoms with Crippen molar-refractivity contribution in [1.29, 1.82) is 0 Å². The number of nitrogens with zero attached hydrogens (tertiary/aromatic N) is 2. The number of carboxylic acid groups (broad SMARTS) is 1. The van der Waals surface area contributed by atoms with Crippen molar-refractivity contribution in [2.75, 3.05) is 0 Å². The van der Waals surface area contributed by atoms with Crippen LogP contribution >= 0.6 is 11.6 Å². The van der Waals surface area contributed by atoms with Gasteiger partial charge in [-0.1, -0.05) is 37.1 Å². The van der Waals surface area contributed by atoms with Gasteiger partial charge in [0, 0.05) is 5.02 Å². The molecule has 0 bridgehead atoms. The summed E-state index contributed by atoms with van der Waals surface area (Å²) in [6, 6.07) is 11.2. The molecule has 5 heteroatoms. The third-order valence-electron chi connectivity index (χ3n) is 4.45. The molecule has 0 spiro atoms. The van der Waals surface area contributed by atoms with Crippen LogP contribution in [0.25, 0.3) is 11.0 Å². The molecule has 0 unspecified atom stereocenters. The van der Waals surface area contributed by atoms with Crippen molar-refractivity contribution < 1.29 is 9.90 Å². The maximum atomic E-state index is 11.2. The van der Waals surface area contributed by atoms with Crippen LogP contribution in [0.1, 0.15) is 47.1 Å². The number of aryl methyl sites for hydroxylation is 2. The Bertz CT molecular complexity index is 931. The van der Waals surface area contributed by atoms with E-state index < -0.39 is 5.97 Å². The number of halogens is 1. The van der Waals surface area contributed by atoms with Crippen molar-refractivity contribution >= 4 is 28.6 Å². The van der Waals surface area contributed by atoms with Gasteiger partial charge in [0.25, 0.3) is 0 Å². The first-order valence-corrected chi connectivity index (χ1v) is 8.85. The van der Waals surface area contributed by atoms with Gasteiger partial charge in [0.05, 0.1) is 23.1 Å². The quantitative estimate of drug-likeness (QED) is 0.669. The van der Waals surface area contributed by atoms with E-state index in [2.05, 4.69) is 24.0 Å². The lowest BCUT2D eigenvalue weighted by atomic mass is 10.1. The topological polar surface area (TPSA) is 55.1 Å². The average Bonchev–Trinajstić information content (AvgIpc) is 2.89. The predicted molar refractivity (Wildman–Crippen MR) is 101 cm³/mol. The molecule has 0 aliphatic carbocycles. The van der Waals surface area contributed by atoms with Gasteiger partial charge in [-0.15, -0.1) is 0 Å². The van der Waals surface area contributed by atoms with Crippen molar-refractivity contribution in [1.82, 2.24) is 9.55 Å². The number of rotatable bonds is 6. The van der Waals surface area contributed by atoms with Gasteiger partial charge in [-0.2, -0.15) is 0 Å². The lowest BCUT2D eigenvalue weighted by Gasteiger charge is -2.11. The summed E-state index contributed by atoms with van der Waals surface area (Å²) in [7, 11) is 0. The number of fused-ring (bicyclic) bond motifs is 1. The fourth-order valence-corrected chi connectivity index (χ4v) is 3.26. The van der Waals surface area contributed by atoms with Crippen LogP contribution in [0.3, 0.4) is 0 Å². The average molecular weight is 357 g/mol. The number of carboxylic acids is 1. The molecule has 0 atom stereocenters. The van der Waals surface area contributed by atoms with Gasteiger partial charge < -0.3 is 9.67 Å². The Morgan fingerprint density at radius 3 is 2.72 bits per heavy atom. The molecule has 3 rings (SSSR count). The lowest BCUT2D eigenvalue weighted by Crippen LogP contribution is -2.04. The second-order valence-corrected chi connectivity index (χ2v) is 6.69. The molecular formula is C20H21ClN2O2. The van der Waals surface area contributed by atoms with Crippen molar-refractivity contribution in [3.05, 3.63) is 63.9 Å². The standard InChI is InChI=1S/C20H21ClN2O2/c1-3-4-5-14-6-7-16(17(21)10-14)12-23-13(2)22-18-9-8-15(20(24)25)11-19(18)23/h6-11H,3-5,12H2,1-2H3,(H,24,25). The number of imidazole rings is 1. The minimum Gasteiger partial charge on any atom is -0.478 e. The zero-order chi connectivity index (χ0) is 18.0. The van der Waals surface area contributed by atoms with Crippen LogP contribution in [0, 0.1) is 6.92 Å². The van der Waals surface area contributed by atoms with E-state index >= 15 is 0 Å². The van der Waals surface area contributed by atoms with E-state index in [4.69, 9.17) is 11.6 Å². The molecular weight excluding hydrogens is 336 g/mol. The summed E-state index contributed by atoms with van der Waals surface area (Å²) >= 11 is 6.48. The highest BCUT2D eigenvalue weighted by Gasteiger charge is 2.12. The molecule has 1 heterocycles. The molecule has 1 N–H and O–H groups in total. The number of aromatic carboxylic acids is 1. The van der Waals surface area contributed by atoms with Gasteiger partial charge in [-0.3, -0.25) is 0 Å². The molecule has 25 heavy (non-hydrogen) atoms. The maximum Gasteiger partial charge on any atom is 0.335 e. The first kappa shape index (κ1) is 17.5. The van der Waals surface area contributed by atoms with Crippen LogP contribution in [0.5, 0.6) is 0 Å². The summed E-state index contributed by atoms with van der Waals surface area (Å²) in [6.07, 6.45) is 3.34. The molecule has 0 fully saturated rings. The molecule has 1 aromatic heterocycles. The molecule has 0 aliphatic heterocycles. The largest absolute Gasteiger partial charge is 0.478 e. The second-order valence-electron chi connectivity index (χ2n) is 6.28. The molecule has 0 aliphatic rings. The first-order chi connectivity index (χ1) is 12.0. The number of hydrogen-bond donors (Lipinski definition) is 1. The Hall–Kier alpha value is -2.33. The molecule has 0 saturated carbocycles. The second kappa shape index (κ2) is 7.28. The highest BCUT2D eigenvalue weighted by molar-refractivity contribution is 6.31. The van der Waals surface area contributed by atoms with Gasteiger partial charge in [0.1, 0.15) is 5.82 Å². The molecule has 0 radical (unpaired) electrons. The van der Waals surface area contributed by atoms with Crippen molar-refractivity contribution in [2.45, 2.75) is 39.7 Å². The Balaban J connectivity index is 1.96. The van der Waals surface area contributed by atoms with E-state index in [0.29, 0.717) is 6.54 Å². The minimum atomic E-state index is -0.939. The number of unbranched alkanes of at least 4 members (excludes halogenated alkanes) is 1. The van der Waals surface area contributed by atoms with Crippen LogP contribution in [-0.2, 0) is 13.0 Å². The van der Waals surface area contributed by atoms with Crippen LogP contribution in [0.4, 0.5) is 0 Å². The number of aromatic nitrogens is 2. The van der Waals surface area contributed by atoms with Crippen molar-refractivity contribution in [3.8, 4) is 0 Å². The van der Waals surface area contributed by atoms with Gasteiger partial charge in [-0.25, -0.2) is 9.78 Å². The number of carbonyl (C=O) groups is 1. The van der Waals surface area contributed by atoms with Crippen LogP contribution in [-0.4, -0.2) is 20.6 Å². The van der Waals surface area contributed by atoms with Crippen LogP contribution in [0.15, 0.2) is 36.4 Å². The first-order valence-electron chi connectivity index (χ1n) is 8.47. The summed E-state index contributed by atoms with van der Waals surface area (Å²) in [4.78, 5) is 15.8. The molecule has 3 aromatic rings. The number of hydrogen-bond acceptors (Lipinski definition) is 2. The summed E-state index contributed by atoms with van der Waals surface area (Å²) in [5.41, 5.74) is 4.11. The Morgan fingerprint density at radius 2 is 2.04 bits per heavy atom.